The van der Waals surface area contributed by atoms with E-state index in [-0.39, 0.29) is 11.4 Å². The average Bonchev–Trinajstić information content (AvgIpc) is 2.33. The van der Waals surface area contributed by atoms with Crippen molar-refractivity contribution in [3.05, 3.63) is 29.6 Å². The first-order valence-electron chi connectivity index (χ1n) is 6.15. The van der Waals surface area contributed by atoms with Gasteiger partial charge in [-0.3, -0.25) is 0 Å². The Hall–Kier alpha value is -1.13. The van der Waals surface area contributed by atoms with E-state index in [9.17, 15) is 4.39 Å². The lowest BCUT2D eigenvalue weighted by Gasteiger charge is -2.23. The van der Waals surface area contributed by atoms with Gasteiger partial charge in [-0.25, -0.2) is 4.39 Å². The molecule has 0 atom stereocenters. The van der Waals surface area contributed by atoms with Gasteiger partial charge in [0, 0.05) is 13.5 Å². The molecule has 4 heteroatoms. The van der Waals surface area contributed by atoms with Gasteiger partial charge in [-0.1, -0.05) is 12.1 Å². The summed E-state index contributed by atoms with van der Waals surface area (Å²) < 4.78 is 24.5. The molecule has 0 saturated carbocycles. The second-order valence-corrected chi connectivity index (χ2v) is 4.83. The van der Waals surface area contributed by atoms with Crippen molar-refractivity contribution in [2.24, 2.45) is 5.73 Å². The number of hydrogen-bond acceptors (Lipinski definition) is 3. The maximum Gasteiger partial charge on any atom is 0.165 e. The van der Waals surface area contributed by atoms with Crippen molar-refractivity contribution in [2.45, 2.75) is 32.3 Å². The minimum absolute atomic E-state index is 0.265. The highest BCUT2D eigenvalue weighted by Crippen LogP contribution is 2.24. The minimum Gasteiger partial charge on any atom is -0.490 e. The molecule has 0 unspecified atom stereocenters. The third-order valence-corrected chi connectivity index (χ3v) is 2.97. The molecule has 0 bridgehead atoms. The molecule has 1 aromatic rings. The molecule has 0 radical (unpaired) electrons. The van der Waals surface area contributed by atoms with Crippen LogP contribution in [0.1, 0.15) is 25.8 Å². The molecule has 0 spiro atoms. The topological polar surface area (TPSA) is 44.5 Å². The maximum absolute atomic E-state index is 13.7. The first-order chi connectivity index (χ1) is 8.50. The Kier molecular flexibility index (Phi) is 5.56. The molecule has 0 aromatic heterocycles. The van der Waals surface area contributed by atoms with Crippen LogP contribution in [0.4, 0.5) is 4.39 Å². The van der Waals surface area contributed by atoms with E-state index in [1.807, 2.05) is 19.9 Å². The van der Waals surface area contributed by atoms with Crippen molar-refractivity contribution in [3.63, 3.8) is 0 Å². The highest BCUT2D eigenvalue weighted by Gasteiger charge is 2.17. The van der Waals surface area contributed by atoms with Crippen LogP contribution in [-0.4, -0.2) is 25.9 Å². The summed E-state index contributed by atoms with van der Waals surface area (Å²) in [6.45, 7) is 4.83. The third-order valence-electron chi connectivity index (χ3n) is 2.97. The summed E-state index contributed by atoms with van der Waals surface area (Å²) in [5, 5.41) is 0. The van der Waals surface area contributed by atoms with Gasteiger partial charge in [0.2, 0.25) is 0 Å². The van der Waals surface area contributed by atoms with Crippen molar-refractivity contribution >= 4 is 0 Å². The lowest BCUT2D eigenvalue weighted by molar-refractivity contribution is 0.00505. The van der Waals surface area contributed by atoms with Crippen LogP contribution in [0.2, 0.25) is 0 Å². The maximum atomic E-state index is 13.7. The summed E-state index contributed by atoms with van der Waals surface area (Å²) in [4.78, 5) is 0. The van der Waals surface area contributed by atoms with E-state index in [2.05, 4.69) is 0 Å². The normalized spacial score (nSPS) is 11.6. The molecule has 0 aliphatic rings. The smallest absolute Gasteiger partial charge is 0.165 e. The number of ether oxygens (including phenoxy) is 2. The summed E-state index contributed by atoms with van der Waals surface area (Å²) in [6, 6.07) is 4.91. The first kappa shape index (κ1) is 14.9. The Balaban J connectivity index is 2.66. The Morgan fingerprint density at radius 2 is 2.06 bits per heavy atom. The molecule has 3 nitrogen and oxygen atoms in total. The van der Waals surface area contributed by atoms with Crippen molar-refractivity contribution in [1.82, 2.24) is 0 Å². The van der Waals surface area contributed by atoms with E-state index in [1.165, 1.54) is 6.07 Å². The van der Waals surface area contributed by atoms with Crippen molar-refractivity contribution in [1.29, 1.82) is 0 Å². The molecule has 0 amide bonds. The Bertz CT molecular complexity index is 380. The van der Waals surface area contributed by atoms with E-state index < -0.39 is 0 Å². The van der Waals surface area contributed by atoms with Gasteiger partial charge in [-0.2, -0.15) is 0 Å². The number of benzene rings is 1. The largest absolute Gasteiger partial charge is 0.490 e. The number of rotatable bonds is 7. The average molecular weight is 255 g/mol. The fourth-order valence-corrected chi connectivity index (χ4v) is 1.57. The van der Waals surface area contributed by atoms with E-state index >= 15 is 0 Å². The van der Waals surface area contributed by atoms with Crippen LogP contribution in [0.25, 0.3) is 0 Å². The molecule has 102 valence electrons. The monoisotopic (exact) mass is 255 g/mol. The molecule has 0 fully saturated rings. The Morgan fingerprint density at radius 3 is 2.67 bits per heavy atom. The minimum atomic E-state index is -0.337. The summed E-state index contributed by atoms with van der Waals surface area (Å²) in [7, 11) is 1.66. The second kappa shape index (κ2) is 6.71. The molecule has 0 heterocycles. The van der Waals surface area contributed by atoms with Gasteiger partial charge in [0.25, 0.3) is 0 Å². The van der Waals surface area contributed by atoms with Crippen LogP contribution in [0.15, 0.2) is 18.2 Å². The zero-order valence-electron chi connectivity index (χ0n) is 11.3. The molecule has 0 aliphatic heterocycles. The van der Waals surface area contributed by atoms with Crippen molar-refractivity contribution < 1.29 is 13.9 Å². The van der Waals surface area contributed by atoms with Gasteiger partial charge in [-0.15, -0.1) is 0 Å². The molecule has 0 saturated heterocycles. The van der Waals surface area contributed by atoms with E-state index in [4.69, 9.17) is 15.2 Å². The lowest BCUT2D eigenvalue weighted by Crippen LogP contribution is -2.25. The standard InChI is InChI=1S/C14H22FNO2/c1-14(2,17-3)8-10-18-13-11(7-9-16)5-4-6-12(13)15/h4-6H,7-10,16H2,1-3H3. The van der Waals surface area contributed by atoms with E-state index in [0.717, 1.165) is 5.56 Å². The van der Waals surface area contributed by atoms with Gasteiger partial charge in [0.1, 0.15) is 0 Å². The van der Waals surface area contributed by atoms with Crippen molar-refractivity contribution in [3.8, 4) is 5.75 Å². The molecule has 18 heavy (non-hydrogen) atoms. The molecule has 0 aliphatic carbocycles. The lowest BCUT2D eigenvalue weighted by atomic mass is 10.1. The molecule has 1 rings (SSSR count). The van der Waals surface area contributed by atoms with E-state index in [1.54, 1.807) is 13.2 Å². The summed E-state index contributed by atoms with van der Waals surface area (Å²) in [5.74, 6) is -0.0222. The predicted molar refractivity (Wildman–Crippen MR) is 70.4 cm³/mol. The summed E-state index contributed by atoms with van der Waals surface area (Å²) in [6.07, 6.45) is 1.31. The molecule has 2 N–H and O–H groups in total. The van der Waals surface area contributed by atoms with Crippen LogP contribution < -0.4 is 10.5 Å². The number of nitrogens with two attached hydrogens (primary N) is 1. The molecular formula is C14H22FNO2. The third kappa shape index (κ3) is 4.27. The van der Waals surface area contributed by atoms with Crippen LogP contribution in [0, 0.1) is 5.82 Å². The van der Waals surface area contributed by atoms with Gasteiger partial charge in [0.05, 0.1) is 12.2 Å². The number of para-hydroxylation sites is 1. The summed E-state index contributed by atoms with van der Waals surface area (Å²) >= 11 is 0. The summed E-state index contributed by atoms with van der Waals surface area (Å²) in [5.41, 5.74) is 6.05. The highest BCUT2D eigenvalue weighted by atomic mass is 19.1. The number of hydrogen-bond donors (Lipinski definition) is 1. The van der Waals surface area contributed by atoms with Crippen molar-refractivity contribution in [2.75, 3.05) is 20.3 Å². The quantitative estimate of drug-likeness (QED) is 0.814. The number of halogens is 1. The van der Waals surface area contributed by atoms with Crippen LogP contribution in [0.3, 0.4) is 0 Å². The van der Waals surface area contributed by atoms with Gasteiger partial charge >= 0.3 is 0 Å². The molecule has 1 aromatic carbocycles. The van der Waals surface area contributed by atoms with Gasteiger partial charge in [0.15, 0.2) is 11.6 Å². The molecular weight excluding hydrogens is 233 g/mol. The van der Waals surface area contributed by atoms with E-state index in [0.29, 0.717) is 31.7 Å². The van der Waals surface area contributed by atoms with Crippen LogP contribution in [-0.2, 0) is 11.2 Å². The predicted octanol–water partition coefficient (Wildman–Crippen LogP) is 2.52. The van der Waals surface area contributed by atoms with Crippen LogP contribution >= 0.6 is 0 Å². The number of methoxy groups -OCH3 is 1. The first-order valence-corrected chi connectivity index (χ1v) is 6.15. The SMILES string of the molecule is COC(C)(C)CCOc1c(F)cccc1CCN. The zero-order chi connectivity index (χ0) is 13.6. The highest BCUT2D eigenvalue weighted by molar-refractivity contribution is 5.35. The fourth-order valence-electron chi connectivity index (χ4n) is 1.57. The second-order valence-electron chi connectivity index (χ2n) is 4.83. The fraction of sp³-hybridized carbons (Fsp3) is 0.571. The Labute approximate surface area is 108 Å². The Morgan fingerprint density at radius 1 is 1.33 bits per heavy atom. The van der Waals surface area contributed by atoms with Crippen LogP contribution in [0.5, 0.6) is 5.75 Å². The van der Waals surface area contributed by atoms with Gasteiger partial charge in [-0.05, 0) is 38.4 Å². The zero-order valence-corrected chi connectivity index (χ0v) is 11.3. The van der Waals surface area contributed by atoms with Gasteiger partial charge < -0.3 is 15.2 Å².